The van der Waals surface area contributed by atoms with Crippen LogP contribution in [0.4, 0.5) is 0 Å². The molecule has 0 aliphatic carbocycles. The molecule has 27 heavy (non-hydrogen) atoms. The molecule has 0 bridgehead atoms. The van der Waals surface area contributed by atoms with E-state index in [9.17, 15) is 19.5 Å². The average Bonchev–Trinajstić information content (AvgIpc) is 2.65. The van der Waals surface area contributed by atoms with Crippen molar-refractivity contribution in [1.29, 1.82) is 0 Å². The highest BCUT2D eigenvalue weighted by atomic mass is 16.5. The molecule has 144 valence electrons. The number of nitrogens with zero attached hydrogens (tertiary/aromatic N) is 4. The van der Waals surface area contributed by atoms with Gasteiger partial charge in [0.05, 0.1) is 32.2 Å². The zero-order valence-electron chi connectivity index (χ0n) is 15.4. The van der Waals surface area contributed by atoms with Crippen LogP contribution in [0.3, 0.4) is 0 Å². The number of methoxy groups -OCH3 is 2. The van der Waals surface area contributed by atoms with Crippen LogP contribution in [0.25, 0.3) is 0 Å². The summed E-state index contributed by atoms with van der Waals surface area (Å²) in [5, 5.41) is 12.5. The molecule has 0 saturated carbocycles. The van der Waals surface area contributed by atoms with Crippen LogP contribution in [0.1, 0.15) is 40.6 Å². The summed E-state index contributed by atoms with van der Waals surface area (Å²) < 4.78 is 10.5. The predicted octanol–water partition coefficient (Wildman–Crippen LogP) is -0.264. The monoisotopic (exact) mass is 377 g/mol. The van der Waals surface area contributed by atoms with E-state index in [-0.39, 0.29) is 17.4 Å². The summed E-state index contributed by atoms with van der Waals surface area (Å²) in [6, 6.07) is 0. The zero-order chi connectivity index (χ0) is 20.4. The lowest BCUT2D eigenvalue weighted by atomic mass is 10.0. The van der Waals surface area contributed by atoms with E-state index < -0.39 is 34.4 Å². The maximum Gasteiger partial charge on any atom is 0.360 e. The molecule has 2 heterocycles. The van der Waals surface area contributed by atoms with Gasteiger partial charge in [-0.05, 0) is 13.8 Å². The summed E-state index contributed by atoms with van der Waals surface area (Å²) in [4.78, 5) is 48.4. The number of hydrogen-bond acceptors (Lipinski definition) is 9. The second kappa shape index (κ2) is 7.40. The van der Waals surface area contributed by atoms with E-state index >= 15 is 0 Å². The van der Waals surface area contributed by atoms with Crippen molar-refractivity contribution >= 4 is 11.9 Å². The third-order valence-corrected chi connectivity index (χ3v) is 3.68. The Morgan fingerprint density at radius 3 is 2.48 bits per heavy atom. The number of ether oxygens (including phenoxy) is 2. The van der Waals surface area contributed by atoms with Crippen molar-refractivity contribution in [2.75, 3.05) is 14.2 Å². The first-order chi connectivity index (χ1) is 12.6. The Balaban J connectivity index is 2.46. The highest BCUT2D eigenvalue weighted by Crippen LogP contribution is 2.21. The minimum atomic E-state index is -1.22. The van der Waals surface area contributed by atoms with Crippen LogP contribution in [0.2, 0.25) is 0 Å². The molecule has 0 aromatic carbocycles. The van der Waals surface area contributed by atoms with Gasteiger partial charge in [0.2, 0.25) is 11.6 Å². The lowest BCUT2D eigenvalue weighted by Crippen LogP contribution is -2.46. The highest BCUT2D eigenvalue weighted by molar-refractivity contribution is 5.92. The molecule has 2 N–H and O–H groups in total. The number of aromatic hydroxyl groups is 1. The van der Waals surface area contributed by atoms with Gasteiger partial charge in [-0.2, -0.15) is 0 Å². The largest absolute Gasteiger partial charge is 0.501 e. The molecule has 1 amide bonds. The predicted molar refractivity (Wildman–Crippen MR) is 91.6 cm³/mol. The Morgan fingerprint density at radius 1 is 1.22 bits per heavy atom. The number of esters is 1. The molecule has 2 rings (SSSR count). The molecule has 0 fully saturated rings. The third-order valence-electron chi connectivity index (χ3n) is 3.68. The molecule has 11 nitrogen and oxygen atoms in total. The molecule has 0 unspecified atom stereocenters. The first-order valence-electron chi connectivity index (χ1n) is 7.69. The van der Waals surface area contributed by atoms with Gasteiger partial charge in [-0.1, -0.05) is 0 Å². The molecule has 0 spiro atoms. The van der Waals surface area contributed by atoms with Gasteiger partial charge >= 0.3 is 5.97 Å². The number of carbonyl (C=O) groups is 2. The minimum Gasteiger partial charge on any atom is -0.501 e. The van der Waals surface area contributed by atoms with Crippen LogP contribution >= 0.6 is 0 Å². The first kappa shape index (κ1) is 19.8. The molecule has 0 aliphatic heterocycles. The molecular weight excluding hydrogens is 358 g/mol. The van der Waals surface area contributed by atoms with Gasteiger partial charge in [-0.15, -0.1) is 0 Å². The molecule has 0 radical (unpaired) electrons. The molecule has 2 aromatic heterocycles. The van der Waals surface area contributed by atoms with Crippen molar-refractivity contribution in [2.24, 2.45) is 7.05 Å². The Bertz CT molecular complexity index is 953. The highest BCUT2D eigenvalue weighted by Gasteiger charge is 2.32. The molecule has 0 aliphatic rings. The van der Waals surface area contributed by atoms with E-state index in [2.05, 4.69) is 25.0 Å². The van der Waals surface area contributed by atoms with Crippen molar-refractivity contribution in [3.05, 3.63) is 40.0 Å². The Kier molecular flexibility index (Phi) is 5.43. The summed E-state index contributed by atoms with van der Waals surface area (Å²) >= 11 is 0. The maximum absolute atomic E-state index is 12.5. The standard InChI is InChI=1S/C16H19N5O6/c1-16(2,20-12(23)8-6-17-7-9(18-8)26-4)15-19-10(14(25)27-5)11(22)13(24)21(15)3/h6-7,22H,1-5H3,(H,20,23). The Hall–Kier alpha value is -3.50. The molecule has 0 saturated heterocycles. The third kappa shape index (κ3) is 3.86. The van der Waals surface area contributed by atoms with Crippen LogP contribution in [-0.2, 0) is 17.3 Å². The SMILES string of the molecule is COC(=O)c1nc(C(C)(C)NC(=O)c2cncc(OC)n2)n(C)c(=O)c1O. The second-order valence-electron chi connectivity index (χ2n) is 6.01. The van der Waals surface area contributed by atoms with Crippen molar-refractivity contribution in [1.82, 2.24) is 24.8 Å². The van der Waals surface area contributed by atoms with Crippen molar-refractivity contribution < 1.29 is 24.2 Å². The summed E-state index contributed by atoms with van der Waals surface area (Å²) in [5.74, 6) is -2.24. The normalized spacial score (nSPS) is 11.0. The van der Waals surface area contributed by atoms with E-state index in [4.69, 9.17) is 4.74 Å². The fourth-order valence-corrected chi connectivity index (χ4v) is 2.35. The topological polar surface area (TPSA) is 146 Å². The van der Waals surface area contributed by atoms with Gasteiger partial charge in [0.1, 0.15) is 11.5 Å². The number of hydrogen-bond donors (Lipinski definition) is 2. The summed E-state index contributed by atoms with van der Waals surface area (Å²) in [6.45, 7) is 3.14. The van der Waals surface area contributed by atoms with E-state index in [0.717, 1.165) is 11.7 Å². The maximum atomic E-state index is 12.5. The van der Waals surface area contributed by atoms with Gasteiger partial charge in [0, 0.05) is 7.05 Å². The Labute approximate surface area is 154 Å². The van der Waals surface area contributed by atoms with E-state index in [1.807, 2.05) is 0 Å². The minimum absolute atomic E-state index is 0.0144. The van der Waals surface area contributed by atoms with E-state index in [1.165, 1.54) is 26.6 Å². The summed E-state index contributed by atoms with van der Waals surface area (Å²) in [5.41, 5.74) is -2.63. The van der Waals surface area contributed by atoms with Gasteiger partial charge in [-0.25, -0.2) is 14.8 Å². The number of carbonyl (C=O) groups excluding carboxylic acids is 2. The summed E-state index contributed by atoms with van der Waals surface area (Å²) in [6.07, 6.45) is 2.59. The first-order valence-corrected chi connectivity index (χ1v) is 7.69. The van der Waals surface area contributed by atoms with Crippen molar-refractivity contribution in [3.8, 4) is 11.6 Å². The van der Waals surface area contributed by atoms with Gasteiger partial charge in [0.15, 0.2) is 5.69 Å². The number of aromatic nitrogens is 4. The van der Waals surface area contributed by atoms with Crippen LogP contribution in [-0.4, -0.2) is 50.7 Å². The van der Waals surface area contributed by atoms with Crippen LogP contribution < -0.4 is 15.6 Å². The second-order valence-corrected chi connectivity index (χ2v) is 6.01. The van der Waals surface area contributed by atoms with Crippen molar-refractivity contribution in [2.45, 2.75) is 19.4 Å². The quantitative estimate of drug-likeness (QED) is 0.673. The smallest absolute Gasteiger partial charge is 0.360 e. The van der Waals surface area contributed by atoms with Crippen molar-refractivity contribution in [3.63, 3.8) is 0 Å². The summed E-state index contributed by atoms with van der Waals surface area (Å²) in [7, 11) is 3.83. The molecule has 2 aromatic rings. The fourth-order valence-electron chi connectivity index (χ4n) is 2.35. The number of nitrogens with one attached hydrogen (secondary N) is 1. The van der Waals surface area contributed by atoms with Crippen LogP contribution in [0, 0.1) is 0 Å². The van der Waals surface area contributed by atoms with E-state index in [1.54, 1.807) is 13.8 Å². The van der Waals surface area contributed by atoms with Gasteiger partial charge in [0.25, 0.3) is 11.5 Å². The average molecular weight is 377 g/mol. The van der Waals surface area contributed by atoms with Crippen LogP contribution in [0.15, 0.2) is 17.2 Å². The Morgan fingerprint density at radius 2 is 1.89 bits per heavy atom. The number of rotatable bonds is 5. The fraction of sp³-hybridized carbons (Fsp3) is 0.375. The van der Waals surface area contributed by atoms with Crippen LogP contribution in [0.5, 0.6) is 11.6 Å². The zero-order valence-corrected chi connectivity index (χ0v) is 15.4. The van der Waals surface area contributed by atoms with E-state index in [0.29, 0.717) is 0 Å². The molecule has 11 heteroatoms. The molecular formula is C16H19N5O6. The number of amides is 1. The lowest BCUT2D eigenvalue weighted by Gasteiger charge is -2.27. The molecule has 0 atom stereocenters. The van der Waals surface area contributed by atoms with Gasteiger partial charge < -0.3 is 19.9 Å². The van der Waals surface area contributed by atoms with Gasteiger partial charge in [-0.3, -0.25) is 19.1 Å². The lowest BCUT2D eigenvalue weighted by molar-refractivity contribution is 0.0588.